The van der Waals surface area contributed by atoms with Crippen LogP contribution in [0.5, 0.6) is 11.5 Å². The van der Waals surface area contributed by atoms with Crippen LogP contribution in [0.3, 0.4) is 0 Å². The summed E-state index contributed by atoms with van der Waals surface area (Å²) in [5.74, 6) is -1.23. The van der Waals surface area contributed by atoms with Crippen molar-refractivity contribution in [1.82, 2.24) is 9.55 Å². The minimum atomic E-state index is -4.91. The SMILES string of the molecule is Cc1ccc(NC(=O)c2cc(Cl)c(O)c(Cl)c2)c2c(=O)n(Cc3ccccc3OC(F)(F)F)c(C)nc12. The molecule has 0 saturated heterocycles. The van der Waals surface area contributed by atoms with Gasteiger partial charge in [0, 0.05) is 11.1 Å². The van der Waals surface area contributed by atoms with E-state index in [2.05, 4.69) is 15.0 Å². The molecule has 1 heterocycles. The van der Waals surface area contributed by atoms with Crippen LogP contribution in [-0.4, -0.2) is 26.9 Å². The van der Waals surface area contributed by atoms with Crippen molar-refractivity contribution in [2.75, 3.05) is 5.32 Å². The van der Waals surface area contributed by atoms with Crippen molar-refractivity contribution < 1.29 is 27.8 Å². The number of rotatable bonds is 5. The number of phenols is 1. The van der Waals surface area contributed by atoms with Crippen molar-refractivity contribution in [3.63, 3.8) is 0 Å². The van der Waals surface area contributed by atoms with E-state index < -0.39 is 23.6 Å². The third kappa shape index (κ3) is 5.50. The molecule has 0 aliphatic carbocycles. The number of anilines is 1. The Hall–Kier alpha value is -3.76. The van der Waals surface area contributed by atoms with E-state index in [-0.39, 0.29) is 50.4 Å². The van der Waals surface area contributed by atoms with Crippen molar-refractivity contribution in [2.24, 2.45) is 0 Å². The molecule has 3 aromatic carbocycles. The van der Waals surface area contributed by atoms with E-state index in [0.29, 0.717) is 11.1 Å². The molecule has 0 aliphatic heterocycles. The second-order valence-electron chi connectivity index (χ2n) is 8.10. The van der Waals surface area contributed by atoms with Gasteiger partial charge < -0.3 is 15.2 Å². The number of hydrogen-bond acceptors (Lipinski definition) is 5. The first-order chi connectivity index (χ1) is 17.4. The number of carbonyl (C=O) groups excluding carboxylic acids is 1. The lowest BCUT2D eigenvalue weighted by Gasteiger charge is -2.17. The van der Waals surface area contributed by atoms with Crippen LogP contribution in [0.1, 0.15) is 27.3 Å². The molecule has 0 spiro atoms. The number of aromatic hydroxyl groups is 1. The number of amides is 1. The molecule has 2 N–H and O–H groups in total. The van der Waals surface area contributed by atoms with Crippen LogP contribution in [0, 0.1) is 13.8 Å². The van der Waals surface area contributed by atoms with Gasteiger partial charge in [0.2, 0.25) is 0 Å². The zero-order valence-electron chi connectivity index (χ0n) is 19.3. The van der Waals surface area contributed by atoms with Crippen molar-refractivity contribution in [1.29, 1.82) is 0 Å². The van der Waals surface area contributed by atoms with Gasteiger partial charge in [-0.3, -0.25) is 14.2 Å². The average Bonchev–Trinajstić information content (AvgIpc) is 2.81. The lowest BCUT2D eigenvalue weighted by Crippen LogP contribution is -2.27. The molecule has 0 saturated carbocycles. The van der Waals surface area contributed by atoms with E-state index in [1.54, 1.807) is 19.9 Å². The second kappa shape index (κ2) is 9.95. The molecular formula is C25H18Cl2F3N3O4. The Balaban J connectivity index is 1.80. The number of halogens is 5. The molecule has 4 aromatic rings. The number of aromatic nitrogens is 2. The van der Waals surface area contributed by atoms with E-state index in [1.807, 2.05) is 0 Å². The van der Waals surface area contributed by atoms with Gasteiger partial charge in [0.05, 0.1) is 33.2 Å². The maximum absolute atomic E-state index is 13.6. The smallest absolute Gasteiger partial charge is 0.505 e. The first-order valence-corrected chi connectivity index (χ1v) is 11.4. The Morgan fingerprint density at radius 2 is 1.76 bits per heavy atom. The van der Waals surface area contributed by atoms with Gasteiger partial charge in [0.1, 0.15) is 11.6 Å². The molecule has 0 aliphatic rings. The molecule has 192 valence electrons. The van der Waals surface area contributed by atoms with Gasteiger partial charge in [-0.1, -0.05) is 47.5 Å². The fraction of sp³-hybridized carbons (Fsp3) is 0.160. The Labute approximate surface area is 218 Å². The van der Waals surface area contributed by atoms with Crippen LogP contribution in [-0.2, 0) is 6.54 Å². The largest absolute Gasteiger partial charge is 0.573 e. The Bertz CT molecular complexity index is 1580. The predicted octanol–water partition coefficient (Wildman–Crippen LogP) is 6.22. The number of benzene rings is 3. The topological polar surface area (TPSA) is 93.5 Å². The van der Waals surface area contributed by atoms with Crippen molar-refractivity contribution >= 4 is 45.7 Å². The monoisotopic (exact) mass is 551 g/mol. The number of nitrogens with one attached hydrogen (secondary N) is 1. The molecule has 37 heavy (non-hydrogen) atoms. The summed E-state index contributed by atoms with van der Waals surface area (Å²) in [4.78, 5) is 31.0. The standard InChI is InChI=1S/C25H18Cl2F3N3O4/c1-12-7-8-18(32-23(35)15-9-16(26)22(34)17(27)10-15)20-21(12)31-13(2)33(24(20)36)11-14-5-3-4-6-19(14)37-25(28,29)30/h3-10,34H,11H2,1-2H3,(H,32,35). The molecule has 1 aromatic heterocycles. The van der Waals surface area contributed by atoms with Crippen LogP contribution in [0.25, 0.3) is 10.9 Å². The molecule has 7 nitrogen and oxygen atoms in total. The highest BCUT2D eigenvalue weighted by atomic mass is 35.5. The average molecular weight is 552 g/mol. The molecule has 0 atom stereocenters. The zero-order chi connectivity index (χ0) is 27.1. The molecule has 1 amide bonds. The number of fused-ring (bicyclic) bond motifs is 1. The third-order valence-electron chi connectivity index (χ3n) is 5.56. The minimum absolute atomic E-state index is 0.0279. The van der Waals surface area contributed by atoms with Crippen LogP contribution < -0.4 is 15.6 Å². The highest BCUT2D eigenvalue weighted by Gasteiger charge is 2.32. The van der Waals surface area contributed by atoms with Crippen molar-refractivity contribution in [3.05, 3.63) is 91.4 Å². The van der Waals surface area contributed by atoms with Gasteiger partial charge in [-0.05, 0) is 43.7 Å². The van der Waals surface area contributed by atoms with Gasteiger partial charge in [-0.15, -0.1) is 13.2 Å². The number of para-hydroxylation sites is 1. The molecular weight excluding hydrogens is 534 g/mol. The number of nitrogens with zero attached hydrogens (tertiary/aromatic N) is 2. The summed E-state index contributed by atoms with van der Waals surface area (Å²) >= 11 is 11.8. The number of hydrogen-bond donors (Lipinski definition) is 2. The Morgan fingerprint density at radius 1 is 1.11 bits per heavy atom. The lowest BCUT2D eigenvalue weighted by atomic mass is 10.1. The quantitative estimate of drug-likeness (QED) is 0.307. The fourth-order valence-corrected chi connectivity index (χ4v) is 4.26. The summed E-state index contributed by atoms with van der Waals surface area (Å²) in [7, 11) is 0. The van der Waals surface area contributed by atoms with Gasteiger partial charge >= 0.3 is 6.36 Å². The van der Waals surface area contributed by atoms with Crippen molar-refractivity contribution in [3.8, 4) is 11.5 Å². The Kier molecular flexibility index (Phi) is 7.07. The van der Waals surface area contributed by atoms with E-state index in [0.717, 1.165) is 6.07 Å². The molecule has 0 bridgehead atoms. The number of carbonyl (C=O) groups is 1. The zero-order valence-corrected chi connectivity index (χ0v) is 20.8. The summed E-state index contributed by atoms with van der Waals surface area (Å²) in [5.41, 5.74) is 0.648. The summed E-state index contributed by atoms with van der Waals surface area (Å²) < 4.78 is 44.0. The van der Waals surface area contributed by atoms with Gasteiger partial charge in [-0.2, -0.15) is 0 Å². The number of aryl methyl sites for hydroxylation is 2. The van der Waals surface area contributed by atoms with E-state index in [1.165, 1.54) is 41.0 Å². The maximum Gasteiger partial charge on any atom is 0.573 e. The van der Waals surface area contributed by atoms with E-state index >= 15 is 0 Å². The van der Waals surface area contributed by atoms with Crippen molar-refractivity contribution in [2.45, 2.75) is 26.8 Å². The number of phenolic OH excluding ortho intramolecular Hbond substituents is 1. The summed E-state index contributed by atoms with van der Waals surface area (Å²) in [5, 5.41) is 12.2. The summed E-state index contributed by atoms with van der Waals surface area (Å²) in [6.07, 6.45) is -4.91. The highest BCUT2D eigenvalue weighted by Crippen LogP contribution is 2.33. The predicted molar refractivity (Wildman–Crippen MR) is 134 cm³/mol. The molecule has 0 unspecified atom stereocenters. The maximum atomic E-state index is 13.6. The number of alkyl halides is 3. The third-order valence-corrected chi connectivity index (χ3v) is 6.13. The first-order valence-electron chi connectivity index (χ1n) is 10.7. The number of ether oxygens (including phenoxy) is 1. The second-order valence-corrected chi connectivity index (χ2v) is 8.92. The first kappa shape index (κ1) is 26.3. The minimum Gasteiger partial charge on any atom is -0.505 e. The highest BCUT2D eigenvalue weighted by molar-refractivity contribution is 6.37. The van der Waals surface area contributed by atoms with Crippen LogP contribution >= 0.6 is 23.2 Å². The fourth-order valence-electron chi connectivity index (χ4n) is 3.77. The lowest BCUT2D eigenvalue weighted by molar-refractivity contribution is -0.274. The van der Waals surface area contributed by atoms with Gasteiger partial charge in [0.15, 0.2) is 5.75 Å². The molecule has 0 fully saturated rings. The van der Waals surface area contributed by atoms with Crippen LogP contribution in [0.4, 0.5) is 18.9 Å². The van der Waals surface area contributed by atoms with E-state index in [9.17, 15) is 27.9 Å². The summed E-state index contributed by atoms with van der Waals surface area (Å²) in [6.45, 7) is 3.03. The van der Waals surface area contributed by atoms with Crippen LogP contribution in [0.15, 0.2) is 53.3 Å². The van der Waals surface area contributed by atoms with E-state index in [4.69, 9.17) is 23.2 Å². The molecule has 0 radical (unpaired) electrons. The Morgan fingerprint density at radius 3 is 2.41 bits per heavy atom. The molecule has 4 rings (SSSR count). The van der Waals surface area contributed by atoms with Gasteiger partial charge in [0.25, 0.3) is 11.5 Å². The summed E-state index contributed by atoms with van der Waals surface area (Å²) in [6, 6.07) is 11.1. The van der Waals surface area contributed by atoms with Crippen LogP contribution in [0.2, 0.25) is 10.0 Å². The van der Waals surface area contributed by atoms with Gasteiger partial charge in [-0.25, -0.2) is 4.98 Å². The molecule has 12 heteroatoms. The normalized spacial score (nSPS) is 11.5.